The number of hydrogen-bond donors (Lipinski definition) is 2. The maximum atomic E-state index is 13.2. The second-order valence-electron chi connectivity index (χ2n) is 4.47. The molecule has 0 saturated carbocycles. The van der Waals surface area contributed by atoms with E-state index < -0.39 is 5.82 Å². The van der Waals surface area contributed by atoms with Crippen molar-refractivity contribution in [1.29, 1.82) is 0 Å². The van der Waals surface area contributed by atoms with Crippen molar-refractivity contribution in [3.8, 4) is 0 Å². The lowest BCUT2D eigenvalue weighted by Crippen LogP contribution is -2.31. The van der Waals surface area contributed by atoms with Crippen LogP contribution in [0.15, 0.2) is 18.2 Å². The van der Waals surface area contributed by atoms with E-state index in [0.29, 0.717) is 12.5 Å². The zero-order valence-electron chi connectivity index (χ0n) is 10.1. The molecule has 0 aliphatic carbocycles. The average molecular weight is 268 g/mol. The van der Waals surface area contributed by atoms with Crippen LogP contribution in [0, 0.1) is 11.7 Å². The Kier molecular flexibility index (Phi) is 4.47. The summed E-state index contributed by atoms with van der Waals surface area (Å²) in [5.41, 5.74) is 5.70. The standard InChI is InChI=1S/C13H17FN2OS/c14-11-3-1-2-10(12(11)15)13(17)16-8-9-4-6-18-7-5-9/h1-3,9H,4-8,15H2,(H,16,17). The number of para-hydroxylation sites is 1. The normalized spacial score (nSPS) is 16.5. The van der Waals surface area contributed by atoms with Gasteiger partial charge in [-0.15, -0.1) is 0 Å². The fourth-order valence-electron chi connectivity index (χ4n) is 2.02. The maximum Gasteiger partial charge on any atom is 0.253 e. The van der Waals surface area contributed by atoms with E-state index in [4.69, 9.17) is 5.73 Å². The molecule has 0 unspecified atom stereocenters. The molecule has 3 nitrogen and oxygen atoms in total. The SMILES string of the molecule is Nc1c(F)cccc1C(=O)NCC1CCSCC1. The van der Waals surface area contributed by atoms with Crippen molar-refractivity contribution in [1.82, 2.24) is 5.32 Å². The van der Waals surface area contributed by atoms with Crippen LogP contribution in [0.3, 0.4) is 0 Å². The van der Waals surface area contributed by atoms with Crippen molar-refractivity contribution in [3.05, 3.63) is 29.6 Å². The van der Waals surface area contributed by atoms with Gasteiger partial charge in [-0.2, -0.15) is 11.8 Å². The van der Waals surface area contributed by atoms with Crippen LogP contribution in [0.5, 0.6) is 0 Å². The first-order chi connectivity index (χ1) is 8.68. The summed E-state index contributed by atoms with van der Waals surface area (Å²) >= 11 is 1.95. The molecule has 1 aliphatic heterocycles. The number of amides is 1. The molecule has 0 bridgehead atoms. The molecule has 0 atom stereocenters. The number of rotatable bonds is 3. The zero-order chi connectivity index (χ0) is 13.0. The Balaban J connectivity index is 1.93. The summed E-state index contributed by atoms with van der Waals surface area (Å²) in [5.74, 6) is 2.01. The molecule has 1 amide bonds. The maximum absolute atomic E-state index is 13.2. The topological polar surface area (TPSA) is 55.1 Å². The van der Waals surface area contributed by atoms with Gasteiger partial charge in [-0.3, -0.25) is 4.79 Å². The molecule has 1 aromatic rings. The van der Waals surface area contributed by atoms with E-state index >= 15 is 0 Å². The second-order valence-corrected chi connectivity index (χ2v) is 5.69. The molecular formula is C13H17FN2OS. The lowest BCUT2D eigenvalue weighted by Gasteiger charge is -2.21. The van der Waals surface area contributed by atoms with E-state index in [0.717, 1.165) is 24.3 Å². The van der Waals surface area contributed by atoms with Gasteiger partial charge >= 0.3 is 0 Å². The molecule has 3 N–H and O–H groups in total. The van der Waals surface area contributed by atoms with Crippen molar-refractivity contribution in [2.24, 2.45) is 5.92 Å². The van der Waals surface area contributed by atoms with Gasteiger partial charge in [-0.05, 0) is 42.4 Å². The highest BCUT2D eigenvalue weighted by Crippen LogP contribution is 2.22. The number of thioether (sulfide) groups is 1. The fourth-order valence-corrected chi connectivity index (χ4v) is 3.22. The first kappa shape index (κ1) is 13.2. The quantitative estimate of drug-likeness (QED) is 0.827. The van der Waals surface area contributed by atoms with Crippen molar-refractivity contribution in [3.63, 3.8) is 0 Å². The van der Waals surface area contributed by atoms with Crippen LogP contribution in [0.25, 0.3) is 0 Å². The van der Waals surface area contributed by atoms with E-state index in [1.54, 1.807) is 6.07 Å². The number of benzene rings is 1. The minimum absolute atomic E-state index is 0.0748. The summed E-state index contributed by atoms with van der Waals surface area (Å²) in [6, 6.07) is 4.30. The highest BCUT2D eigenvalue weighted by molar-refractivity contribution is 7.99. The van der Waals surface area contributed by atoms with Gasteiger partial charge in [-0.25, -0.2) is 4.39 Å². The first-order valence-electron chi connectivity index (χ1n) is 6.08. The van der Waals surface area contributed by atoms with Crippen LogP contribution in [-0.2, 0) is 0 Å². The van der Waals surface area contributed by atoms with Crippen LogP contribution in [0.1, 0.15) is 23.2 Å². The van der Waals surface area contributed by atoms with Gasteiger partial charge in [0.1, 0.15) is 5.82 Å². The molecule has 98 valence electrons. The van der Waals surface area contributed by atoms with Crippen molar-refractivity contribution in [2.45, 2.75) is 12.8 Å². The summed E-state index contributed by atoms with van der Waals surface area (Å²) in [4.78, 5) is 11.9. The minimum atomic E-state index is -0.545. The van der Waals surface area contributed by atoms with Crippen LogP contribution in [0.4, 0.5) is 10.1 Å². The van der Waals surface area contributed by atoms with E-state index in [1.807, 2.05) is 11.8 Å². The van der Waals surface area contributed by atoms with Crippen molar-refractivity contribution >= 4 is 23.4 Å². The van der Waals surface area contributed by atoms with E-state index in [2.05, 4.69) is 5.32 Å². The van der Waals surface area contributed by atoms with Crippen molar-refractivity contribution < 1.29 is 9.18 Å². The summed E-state index contributed by atoms with van der Waals surface area (Å²) in [5, 5.41) is 2.84. The van der Waals surface area contributed by atoms with Crippen LogP contribution >= 0.6 is 11.8 Å². The number of nitrogens with one attached hydrogen (secondary N) is 1. The molecule has 0 spiro atoms. The Morgan fingerprint density at radius 1 is 1.44 bits per heavy atom. The number of carbonyl (C=O) groups is 1. The predicted molar refractivity (Wildman–Crippen MR) is 73.2 cm³/mol. The molecule has 5 heteroatoms. The minimum Gasteiger partial charge on any atom is -0.396 e. The lowest BCUT2D eigenvalue weighted by molar-refractivity contribution is 0.0947. The number of nitrogen functional groups attached to an aromatic ring is 1. The number of hydrogen-bond acceptors (Lipinski definition) is 3. The Hall–Kier alpha value is -1.23. The van der Waals surface area contributed by atoms with Gasteiger partial charge in [-0.1, -0.05) is 6.07 Å². The number of nitrogens with two attached hydrogens (primary N) is 1. The Bertz CT molecular complexity index is 433. The predicted octanol–water partition coefficient (Wildman–Crippen LogP) is 2.28. The molecule has 0 radical (unpaired) electrons. The van der Waals surface area contributed by atoms with Gasteiger partial charge in [0.25, 0.3) is 5.91 Å². The van der Waals surface area contributed by atoms with Crippen LogP contribution in [0.2, 0.25) is 0 Å². The highest BCUT2D eigenvalue weighted by atomic mass is 32.2. The van der Waals surface area contributed by atoms with E-state index in [-0.39, 0.29) is 17.2 Å². The monoisotopic (exact) mass is 268 g/mol. The Labute approximate surface area is 110 Å². The highest BCUT2D eigenvalue weighted by Gasteiger charge is 2.17. The summed E-state index contributed by atoms with van der Waals surface area (Å²) in [6.07, 6.45) is 2.26. The third-order valence-corrected chi connectivity index (χ3v) is 4.24. The van der Waals surface area contributed by atoms with Crippen LogP contribution < -0.4 is 11.1 Å². The number of halogens is 1. The molecule has 18 heavy (non-hydrogen) atoms. The van der Waals surface area contributed by atoms with Gasteiger partial charge in [0.05, 0.1) is 11.3 Å². The molecule has 1 aromatic carbocycles. The van der Waals surface area contributed by atoms with Crippen LogP contribution in [-0.4, -0.2) is 24.0 Å². The zero-order valence-corrected chi connectivity index (χ0v) is 10.9. The molecule has 1 heterocycles. The summed E-state index contributed by atoms with van der Waals surface area (Å²) in [7, 11) is 0. The second kappa shape index (κ2) is 6.09. The summed E-state index contributed by atoms with van der Waals surface area (Å²) < 4.78 is 13.2. The van der Waals surface area contributed by atoms with Gasteiger partial charge in [0.2, 0.25) is 0 Å². The summed E-state index contributed by atoms with van der Waals surface area (Å²) in [6.45, 7) is 0.648. The molecule has 1 fully saturated rings. The number of carbonyl (C=O) groups excluding carboxylic acids is 1. The largest absolute Gasteiger partial charge is 0.396 e. The van der Waals surface area contributed by atoms with Gasteiger partial charge < -0.3 is 11.1 Å². The smallest absolute Gasteiger partial charge is 0.253 e. The Morgan fingerprint density at radius 3 is 2.89 bits per heavy atom. The lowest BCUT2D eigenvalue weighted by atomic mass is 10.0. The third-order valence-electron chi connectivity index (χ3n) is 3.19. The van der Waals surface area contributed by atoms with E-state index in [1.165, 1.54) is 12.1 Å². The molecular weight excluding hydrogens is 251 g/mol. The molecule has 0 aromatic heterocycles. The molecule has 1 aliphatic rings. The fraction of sp³-hybridized carbons (Fsp3) is 0.462. The van der Waals surface area contributed by atoms with Crippen molar-refractivity contribution in [2.75, 3.05) is 23.8 Å². The number of anilines is 1. The van der Waals surface area contributed by atoms with Gasteiger partial charge in [0.15, 0.2) is 0 Å². The van der Waals surface area contributed by atoms with E-state index in [9.17, 15) is 9.18 Å². The van der Waals surface area contributed by atoms with Gasteiger partial charge in [0, 0.05) is 6.54 Å². The average Bonchev–Trinajstić information content (AvgIpc) is 2.40. The Morgan fingerprint density at radius 2 is 2.17 bits per heavy atom. The molecule has 2 rings (SSSR count). The third kappa shape index (κ3) is 3.16. The first-order valence-corrected chi connectivity index (χ1v) is 7.24. The molecule has 1 saturated heterocycles.